The van der Waals surface area contributed by atoms with Gasteiger partial charge in [-0.3, -0.25) is 4.79 Å². The molecule has 6 heteroatoms. The Balaban J connectivity index is 2.02. The standard InChI is InChI=1S/C21H20F3NO2/c1-4-27-19(26)20(15-9-11-17(25-3)12-10-15)13(2)18(20)14-5-7-16(8-6-14)21(22,23)24/h5-12,25H,4H2,1-3H3. The molecule has 0 aromatic heterocycles. The number of alkyl halides is 3. The van der Waals surface area contributed by atoms with Gasteiger partial charge in [-0.05, 0) is 60.4 Å². The van der Waals surface area contributed by atoms with Gasteiger partial charge < -0.3 is 10.1 Å². The van der Waals surface area contributed by atoms with Crippen molar-refractivity contribution in [1.29, 1.82) is 0 Å². The van der Waals surface area contributed by atoms with E-state index in [4.69, 9.17) is 4.74 Å². The molecular formula is C21H20F3NO2. The molecule has 27 heavy (non-hydrogen) atoms. The van der Waals surface area contributed by atoms with E-state index in [9.17, 15) is 18.0 Å². The Bertz CT molecular complexity index is 883. The highest BCUT2D eigenvalue weighted by molar-refractivity contribution is 6.15. The first kappa shape index (κ1) is 19.0. The van der Waals surface area contributed by atoms with E-state index in [2.05, 4.69) is 5.32 Å². The molecule has 0 bridgehead atoms. The van der Waals surface area contributed by atoms with E-state index in [0.717, 1.165) is 29.0 Å². The predicted molar refractivity (Wildman–Crippen MR) is 98.3 cm³/mol. The minimum Gasteiger partial charge on any atom is -0.465 e. The summed E-state index contributed by atoms with van der Waals surface area (Å²) in [4.78, 5) is 12.8. The van der Waals surface area contributed by atoms with E-state index in [0.29, 0.717) is 11.1 Å². The summed E-state index contributed by atoms with van der Waals surface area (Å²) in [7, 11) is 1.80. The monoisotopic (exact) mass is 375 g/mol. The summed E-state index contributed by atoms with van der Waals surface area (Å²) in [5.41, 5.74) is 1.96. The molecule has 1 unspecified atom stereocenters. The van der Waals surface area contributed by atoms with Crippen molar-refractivity contribution in [2.75, 3.05) is 19.0 Å². The van der Waals surface area contributed by atoms with Crippen LogP contribution in [-0.2, 0) is 21.1 Å². The number of ether oxygens (including phenoxy) is 1. The van der Waals surface area contributed by atoms with Crippen molar-refractivity contribution < 1.29 is 22.7 Å². The fourth-order valence-electron chi connectivity index (χ4n) is 3.53. The maximum absolute atomic E-state index is 12.8. The third kappa shape index (κ3) is 3.09. The van der Waals surface area contributed by atoms with Gasteiger partial charge in [0.2, 0.25) is 0 Å². The normalized spacial score (nSPS) is 19.0. The number of esters is 1. The van der Waals surface area contributed by atoms with E-state index < -0.39 is 23.1 Å². The molecule has 0 fully saturated rings. The molecule has 1 N–H and O–H groups in total. The van der Waals surface area contributed by atoms with Gasteiger partial charge in [0.1, 0.15) is 5.41 Å². The highest BCUT2D eigenvalue weighted by Gasteiger charge is 2.59. The van der Waals surface area contributed by atoms with Crippen LogP contribution in [0.4, 0.5) is 18.9 Å². The number of hydrogen-bond acceptors (Lipinski definition) is 3. The van der Waals surface area contributed by atoms with Crippen LogP contribution in [0.25, 0.3) is 5.57 Å². The smallest absolute Gasteiger partial charge is 0.416 e. The van der Waals surface area contributed by atoms with Crippen molar-refractivity contribution in [2.45, 2.75) is 25.4 Å². The molecule has 0 saturated heterocycles. The molecule has 2 aromatic rings. The topological polar surface area (TPSA) is 38.3 Å². The summed E-state index contributed by atoms with van der Waals surface area (Å²) in [6, 6.07) is 12.3. The van der Waals surface area contributed by atoms with Crippen LogP contribution < -0.4 is 5.32 Å². The average molecular weight is 375 g/mol. The van der Waals surface area contributed by atoms with Gasteiger partial charge in [0, 0.05) is 12.7 Å². The summed E-state index contributed by atoms with van der Waals surface area (Å²) < 4.78 is 43.8. The number of hydrogen-bond donors (Lipinski definition) is 1. The Hall–Kier alpha value is -2.76. The maximum atomic E-state index is 12.8. The second kappa shape index (κ2) is 6.76. The number of carbonyl (C=O) groups is 1. The lowest BCUT2D eigenvalue weighted by molar-refractivity contribution is -0.145. The molecule has 3 rings (SSSR count). The van der Waals surface area contributed by atoms with Crippen molar-refractivity contribution in [3.63, 3.8) is 0 Å². The van der Waals surface area contributed by atoms with Gasteiger partial charge in [-0.2, -0.15) is 13.2 Å². The number of benzene rings is 2. The van der Waals surface area contributed by atoms with Crippen molar-refractivity contribution in [3.05, 3.63) is 70.8 Å². The number of nitrogens with one attached hydrogen (secondary N) is 1. The summed E-state index contributed by atoms with van der Waals surface area (Å²) in [6.45, 7) is 3.77. The van der Waals surface area contributed by atoms with Crippen molar-refractivity contribution >= 4 is 17.2 Å². The second-order valence-electron chi connectivity index (χ2n) is 6.37. The Kier molecular flexibility index (Phi) is 4.76. The lowest BCUT2D eigenvalue weighted by atomic mass is 9.86. The molecule has 0 aliphatic heterocycles. The summed E-state index contributed by atoms with van der Waals surface area (Å²) >= 11 is 0. The first-order chi connectivity index (χ1) is 12.8. The van der Waals surface area contributed by atoms with Gasteiger partial charge in [0.15, 0.2) is 0 Å². The van der Waals surface area contributed by atoms with E-state index in [1.54, 1.807) is 14.0 Å². The quantitative estimate of drug-likeness (QED) is 0.745. The predicted octanol–water partition coefficient (Wildman–Crippen LogP) is 5.04. The van der Waals surface area contributed by atoms with Crippen LogP contribution in [0, 0.1) is 0 Å². The van der Waals surface area contributed by atoms with Gasteiger partial charge in [-0.1, -0.05) is 24.3 Å². The van der Waals surface area contributed by atoms with E-state index in [1.165, 1.54) is 12.1 Å². The van der Waals surface area contributed by atoms with E-state index >= 15 is 0 Å². The Morgan fingerprint density at radius 3 is 2.15 bits per heavy atom. The molecule has 1 aliphatic carbocycles. The van der Waals surface area contributed by atoms with Crippen LogP contribution >= 0.6 is 0 Å². The number of rotatable bonds is 5. The van der Waals surface area contributed by atoms with Gasteiger partial charge in [-0.25, -0.2) is 0 Å². The number of halogens is 3. The van der Waals surface area contributed by atoms with Gasteiger partial charge in [0.25, 0.3) is 0 Å². The van der Waals surface area contributed by atoms with Crippen molar-refractivity contribution in [3.8, 4) is 0 Å². The average Bonchev–Trinajstić information content (AvgIpc) is 3.27. The van der Waals surface area contributed by atoms with Crippen LogP contribution in [0.3, 0.4) is 0 Å². The lowest BCUT2D eigenvalue weighted by Gasteiger charge is -2.20. The van der Waals surface area contributed by atoms with E-state index in [-0.39, 0.29) is 6.61 Å². The zero-order valence-electron chi connectivity index (χ0n) is 15.3. The molecular weight excluding hydrogens is 355 g/mol. The van der Waals surface area contributed by atoms with Crippen molar-refractivity contribution in [2.24, 2.45) is 0 Å². The third-order valence-electron chi connectivity index (χ3n) is 4.94. The molecule has 142 valence electrons. The fourth-order valence-corrected chi connectivity index (χ4v) is 3.53. The second-order valence-corrected chi connectivity index (χ2v) is 6.37. The lowest BCUT2D eigenvalue weighted by Crippen LogP contribution is -2.28. The fraction of sp³-hybridized carbons (Fsp3) is 0.286. The number of anilines is 1. The SMILES string of the molecule is CCOC(=O)C1(c2ccc(NC)cc2)C(C)=C1c1ccc(C(F)(F)F)cc1. The van der Waals surface area contributed by atoms with Crippen LogP contribution in [0.2, 0.25) is 0 Å². The summed E-state index contributed by atoms with van der Waals surface area (Å²) in [5.74, 6) is -0.408. The first-order valence-corrected chi connectivity index (χ1v) is 8.61. The molecule has 0 radical (unpaired) electrons. The van der Waals surface area contributed by atoms with Crippen molar-refractivity contribution in [1.82, 2.24) is 0 Å². The molecule has 0 spiro atoms. The zero-order chi connectivity index (χ0) is 19.8. The minimum absolute atomic E-state index is 0.225. The maximum Gasteiger partial charge on any atom is 0.416 e. The van der Waals surface area contributed by atoms with Gasteiger partial charge in [0.05, 0.1) is 12.2 Å². The Morgan fingerprint density at radius 1 is 1.07 bits per heavy atom. The highest BCUT2D eigenvalue weighted by atomic mass is 19.4. The third-order valence-corrected chi connectivity index (χ3v) is 4.94. The molecule has 1 atom stereocenters. The van der Waals surface area contributed by atoms with Crippen LogP contribution in [-0.4, -0.2) is 19.6 Å². The molecule has 1 aliphatic rings. The Labute approximate surface area is 155 Å². The van der Waals surface area contributed by atoms with Crippen LogP contribution in [0.5, 0.6) is 0 Å². The highest BCUT2D eigenvalue weighted by Crippen LogP contribution is 2.60. The summed E-state index contributed by atoms with van der Waals surface area (Å²) in [5, 5.41) is 3.02. The Morgan fingerprint density at radius 2 is 1.67 bits per heavy atom. The van der Waals surface area contributed by atoms with Crippen LogP contribution in [0.1, 0.15) is 30.5 Å². The molecule has 0 amide bonds. The largest absolute Gasteiger partial charge is 0.465 e. The molecule has 0 heterocycles. The van der Waals surface area contributed by atoms with Gasteiger partial charge in [-0.15, -0.1) is 0 Å². The van der Waals surface area contributed by atoms with Gasteiger partial charge >= 0.3 is 12.1 Å². The first-order valence-electron chi connectivity index (χ1n) is 8.61. The molecule has 3 nitrogen and oxygen atoms in total. The number of carbonyl (C=O) groups excluding carboxylic acids is 1. The molecule has 0 saturated carbocycles. The molecule has 2 aromatic carbocycles. The minimum atomic E-state index is -4.40. The summed E-state index contributed by atoms with van der Waals surface area (Å²) in [6.07, 6.45) is -4.40. The van der Waals surface area contributed by atoms with E-state index in [1.807, 2.05) is 31.2 Å². The zero-order valence-corrected chi connectivity index (χ0v) is 15.3. The van der Waals surface area contributed by atoms with Crippen LogP contribution in [0.15, 0.2) is 54.1 Å².